The van der Waals surface area contributed by atoms with Gasteiger partial charge in [-0.15, -0.1) is 0 Å². The molecule has 0 saturated carbocycles. The summed E-state index contributed by atoms with van der Waals surface area (Å²) in [5.41, 5.74) is 8.15. The van der Waals surface area contributed by atoms with Gasteiger partial charge in [0.05, 0.1) is 15.7 Å². The van der Waals surface area contributed by atoms with Gasteiger partial charge in [-0.05, 0) is 58.7 Å². The molecule has 0 bridgehead atoms. The zero-order valence-electron chi connectivity index (χ0n) is 10.5. The van der Waals surface area contributed by atoms with Crippen molar-refractivity contribution in [2.24, 2.45) is 0 Å². The smallest absolute Gasteiger partial charge is 0.255 e. The Morgan fingerprint density at radius 2 is 1.90 bits per heavy atom. The van der Waals surface area contributed by atoms with Crippen molar-refractivity contribution in [3.63, 3.8) is 0 Å². The molecule has 6 heteroatoms. The van der Waals surface area contributed by atoms with Crippen LogP contribution < -0.4 is 11.1 Å². The van der Waals surface area contributed by atoms with Crippen LogP contribution in [0.5, 0.6) is 0 Å². The topological polar surface area (TPSA) is 55.1 Å². The van der Waals surface area contributed by atoms with E-state index in [-0.39, 0.29) is 5.91 Å². The van der Waals surface area contributed by atoms with Crippen molar-refractivity contribution in [2.45, 2.75) is 6.92 Å². The third-order valence-electron chi connectivity index (χ3n) is 2.77. The van der Waals surface area contributed by atoms with Gasteiger partial charge in [0.25, 0.3) is 5.91 Å². The number of carbonyl (C=O) groups is 1. The zero-order valence-corrected chi connectivity index (χ0v) is 13.6. The van der Waals surface area contributed by atoms with E-state index in [1.165, 1.54) is 0 Å². The molecule has 0 saturated heterocycles. The van der Waals surface area contributed by atoms with Crippen molar-refractivity contribution >= 4 is 56.4 Å². The number of hydrogen-bond donors (Lipinski definition) is 2. The number of halogens is 3. The predicted octanol–water partition coefficient (Wildman–Crippen LogP) is 4.90. The summed E-state index contributed by atoms with van der Waals surface area (Å²) in [5.74, 6) is -0.244. The highest BCUT2D eigenvalue weighted by atomic mass is 79.9. The molecule has 0 aliphatic rings. The van der Waals surface area contributed by atoms with Gasteiger partial charge in [0.2, 0.25) is 0 Å². The molecule has 20 heavy (non-hydrogen) atoms. The quantitative estimate of drug-likeness (QED) is 0.735. The minimum Gasteiger partial charge on any atom is -0.398 e. The maximum absolute atomic E-state index is 12.2. The first-order chi connectivity index (χ1) is 9.38. The fourth-order valence-electron chi connectivity index (χ4n) is 1.67. The second kappa shape index (κ2) is 6.04. The van der Waals surface area contributed by atoms with Gasteiger partial charge in [0, 0.05) is 15.7 Å². The van der Waals surface area contributed by atoms with E-state index in [1.54, 1.807) is 30.3 Å². The van der Waals surface area contributed by atoms with Gasteiger partial charge in [-0.2, -0.15) is 0 Å². The van der Waals surface area contributed by atoms with Crippen molar-refractivity contribution in [2.75, 3.05) is 11.1 Å². The second-order valence-corrected chi connectivity index (χ2v) is 5.94. The number of rotatable bonds is 2. The Kier molecular flexibility index (Phi) is 4.58. The molecule has 2 aromatic carbocycles. The van der Waals surface area contributed by atoms with Gasteiger partial charge in [0.1, 0.15) is 0 Å². The van der Waals surface area contributed by atoms with Crippen LogP contribution in [0.4, 0.5) is 11.4 Å². The average Bonchev–Trinajstić information content (AvgIpc) is 2.39. The molecular formula is C14H11BrCl2N2O. The number of amides is 1. The van der Waals surface area contributed by atoms with E-state index in [9.17, 15) is 4.79 Å². The Balaban J connectivity index is 2.27. The summed E-state index contributed by atoms with van der Waals surface area (Å²) in [6.07, 6.45) is 0. The molecular weight excluding hydrogens is 363 g/mol. The molecule has 0 fully saturated rings. The highest BCUT2D eigenvalue weighted by Gasteiger charge is 2.11. The normalized spacial score (nSPS) is 10.4. The summed E-state index contributed by atoms with van der Waals surface area (Å²) in [6.45, 7) is 1.85. The van der Waals surface area contributed by atoms with Crippen LogP contribution >= 0.6 is 39.1 Å². The van der Waals surface area contributed by atoms with Gasteiger partial charge in [0.15, 0.2) is 0 Å². The van der Waals surface area contributed by atoms with Gasteiger partial charge in [-0.3, -0.25) is 4.79 Å². The molecule has 0 atom stereocenters. The van der Waals surface area contributed by atoms with Gasteiger partial charge < -0.3 is 11.1 Å². The molecule has 1 amide bonds. The lowest BCUT2D eigenvalue weighted by Gasteiger charge is -2.11. The largest absolute Gasteiger partial charge is 0.398 e. The molecule has 104 valence electrons. The number of carbonyl (C=O) groups excluding carboxylic acids is 1. The lowest BCUT2D eigenvalue weighted by atomic mass is 10.1. The molecule has 3 nitrogen and oxygen atoms in total. The summed E-state index contributed by atoms with van der Waals surface area (Å²) >= 11 is 15.1. The van der Waals surface area contributed by atoms with E-state index in [4.69, 9.17) is 28.9 Å². The lowest BCUT2D eigenvalue weighted by molar-refractivity contribution is 0.102. The van der Waals surface area contributed by atoms with Crippen molar-refractivity contribution in [3.05, 3.63) is 56.0 Å². The van der Waals surface area contributed by atoms with Crippen LogP contribution in [0.1, 0.15) is 15.9 Å². The number of anilines is 2. The monoisotopic (exact) mass is 372 g/mol. The Hall–Kier alpha value is -1.23. The van der Waals surface area contributed by atoms with E-state index >= 15 is 0 Å². The van der Waals surface area contributed by atoms with E-state index in [0.717, 1.165) is 5.56 Å². The summed E-state index contributed by atoms with van der Waals surface area (Å²) < 4.78 is 0.666. The Morgan fingerprint density at radius 1 is 1.20 bits per heavy atom. The predicted molar refractivity (Wildman–Crippen MR) is 87.7 cm³/mol. The molecule has 0 spiro atoms. The van der Waals surface area contributed by atoms with E-state index in [0.29, 0.717) is 31.5 Å². The van der Waals surface area contributed by atoms with Gasteiger partial charge in [-0.25, -0.2) is 0 Å². The number of nitrogens with one attached hydrogen (secondary N) is 1. The average molecular weight is 374 g/mol. The molecule has 0 aliphatic heterocycles. The van der Waals surface area contributed by atoms with E-state index < -0.39 is 0 Å². The van der Waals surface area contributed by atoms with Crippen LogP contribution in [-0.2, 0) is 0 Å². The van der Waals surface area contributed by atoms with E-state index in [1.807, 2.05) is 6.92 Å². The number of nitrogen functional groups attached to an aromatic ring is 1. The molecule has 2 rings (SSSR count). The van der Waals surface area contributed by atoms with Crippen LogP contribution in [0.25, 0.3) is 0 Å². The third kappa shape index (κ3) is 3.26. The Morgan fingerprint density at radius 3 is 2.55 bits per heavy atom. The fraction of sp³-hybridized carbons (Fsp3) is 0.0714. The summed E-state index contributed by atoms with van der Waals surface area (Å²) in [6, 6.07) is 8.32. The molecule has 3 N–H and O–H groups in total. The fourth-order valence-corrected chi connectivity index (χ4v) is 2.33. The third-order valence-corrected chi connectivity index (χ3v) is 4.31. The molecule has 0 heterocycles. The van der Waals surface area contributed by atoms with Crippen LogP contribution in [0.3, 0.4) is 0 Å². The number of hydrogen-bond acceptors (Lipinski definition) is 2. The second-order valence-electron chi connectivity index (χ2n) is 4.27. The van der Waals surface area contributed by atoms with Crippen molar-refractivity contribution in [3.8, 4) is 0 Å². The zero-order chi connectivity index (χ0) is 14.9. The highest BCUT2D eigenvalue weighted by Crippen LogP contribution is 2.28. The summed E-state index contributed by atoms with van der Waals surface area (Å²) in [5, 5.41) is 3.75. The first kappa shape index (κ1) is 15.2. The lowest BCUT2D eigenvalue weighted by Crippen LogP contribution is -2.13. The molecule has 0 radical (unpaired) electrons. The van der Waals surface area contributed by atoms with Crippen molar-refractivity contribution in [1.82, 2.24) is 0 Å². The van der Waals surface area contributed by atoms with Crippen LogP contribution in [0.15, 0.2) is 34.8 Å². The van der Waals surface area contributed by atoms with E-state index in [2.05, 4.69) is 21.2 Å². The first-order valence-electron chi connectivity index (χ1n) is 5.70. The number of benzene rings is 2. The molecule has 2 aromatic rings. The first-order valence-corrected chi connectivity index (χ1v) is 7.25. The summed E-state index contributed by atoms with van der Waals surface area (Å²) in [7, 11) is 0. The maximum atomic E-state index is 12.2. The number of aryl methyl sites for hydroxylation is 1. The SMILES string of the molecule is Cc1cc(N)c(Cl)cc1NC(=O)c1ccc(Cl)c(Br)c1. The minimum absolute atomic E-state index is 0.244. The van der Waals surface area contributed by atoms with Gasteiger partial charge in [-0.1, -0.05) is 23.2 Å². The molecule has 0 aromatic heterocycles. The summed E-state index contributed by atoms with van der Waals surface area (Å²) in [4.78, 5) is 12.2. The standard InChI is InChI=1S/C14H11BrCl2N2O/c1-7-4-12(18)11(17)6-13(7)19-14(20)8-2-3-10(16)9(15)5-8/h2-6H,18H2,1H3,(H,19,20). The molecule has 0 aliphatic carbocycles. The highest BCUT2D eigenvalue weighted by molar-refractivity contribution is 9.10. The van der Waals surface area contributed by atoms with Crippen LogP contribution in [0, 0.1) is 6.92 Å². The Labute approximate surface area is 135 Å². The van der Waals surface area contributed by atoms with Gasteiger partial charge >= 0.3 is 0 Å². The Bertz CT molecular complexity index is 689. The maximum Gasteiger partial charge on any atom is 0.255 e. The number of nitrogens with two attached hydrogens (primary N) is 1. The minimum atomic E-state index is -0.244. The van der Waals surface area contributed by atoms with Crippen molar-refractivity contribution in [1.29, 1.82) is 0 Å². The van der Waals surface area contributed by atoms with Crippen molar-refractivity contribution < 1.29 is 4.79 Å². The van der Waals surface area contributed by atoms with Crippen LogP contribution in [0.2, 0.25) is 10.0 Å². The van der Waals surface area contributed by atoms with Crippen LogP contribution in [-0.4, -0.2) is 5.91 Å². The molecule has 0 unspecified atom stereocenters.